The number of hydrogen-bond acceptors (Lipinski definition) is 5. The van der Waals surface area contributed by atoms with Crippen LogP contribution in [0.2, 0.25) is 0 Å². The van der Waals surface area contributed by atoms with Crippen LogP contribution in [0.4, 0.5) is 5.69 Å². The fraction of sp³-hybridized carbons (Fsp3) is 0.480. The number of carboxylic acids is 1. The molecular weight excluding hydrogens is 440 g/mol. The number of carbonyl (C=O) groups is 1. The van der Waals surface area contributed by atoms with Crippen molar-refractivity contribution in [2.75, 3.05) is 31.0 Å². The number of aromatic carboxylic acids is 1. The molecule has 6 rings (SSSR count). The van der Waals surface area contributed by atoms with Gasteiger partial charge < -0.3 is 14.7 Å². The van der Waals surface area contributed by atoms with Crippen molar-refractivity contribution < 1.29 is 23.1 Å². The van der Waals surface area contributed by atoms with Crippen LogP contribution < -0.4 is 9.46 Å². The fourth-order valence-corrected chi connectivity index (χ4v) is 7.40. The molecule has 2 aliphatic heterocycles. The average Bonchev–Trinajstić information content (AvgIpc) is 3.68. The maximum Gasteiger partial charge on any atom is 0.341 e. The number of sulfonamides is 1. The number of nitrogens with one attached hydrogen (secondary N) is 1. The first kappa shape index (κ1) is 21.0. The van der Waals surface area contributed by atoms with Crippen molar-refractivity contribution in [3.05, 3.63) is 53.1 Å². The fourth-order valence-electron chi connectivity index (χ4n) is 6.05. The third kappa shape index (κ3) is 3.34. The van der Waals surface area contributed by atoms with Crippen LogP contribution in [0, 0.1) is 11.3 Å². The molecule has 0 radical (unpaired) electrons. The smallest absolute Gasteiger partial charge is 0.341 e. The van der Waals surface area contributed by atoms with Crippen LogP contribution in [-0.2, 0) is 10.0 Å². The lowest BCUT2D eigenvalue weighted by molar-refractivity contribution is 0.0692. The summed E-state index contributed by atoms with van der Waals surface area (Å²) in [5, 5.41) is 9.91. The Labute approximate surface area is 193 Å². The van der Waals surface area contributed by atoms with Gasteiger partial charge in [-0.3, -0.25) is 4.72 Å². The first-order valence-electron chi connectivity index (χ1n) is 11.7. The Kier molecular flexibility index (Phi) is 4.58. The normalized spacial score (nSPS) is 29.8. The Hall–Kier alpha value is -2.58. The predicted molar refractivity (Wildman–Crippen MR) is 124 cm³/mol. The van der Waals surface area contributed by atoms with Gasteiger partial charge in [0.25, 0.3) is 10.0 Å². The van der Waals surface area contributed by atoms with Crippen LogP contribution in [0.5, 0.6) is 5.75 Å². The molecular formula is C25H28N2O5S. The number of anilines is 1. The van der Waals surface area contributed by atoms with Crippen molar-refractivity contribution in [1.29, 1.82) is 0 Å². The van der Waals surface area contributed by atoms with E-state index in [4.69, 9.17) is 4.74 Å². The zero-order chi connectivity index (χ0) is 23.0. The number of ether oxygens (including phenoxy) is 1. The summed E-state index contributed by atoms with van der Waals surface area (Å²) in [5.41, 5.74) is 1.81. The molecule has 2 aromatic rings. The summed E-state index contributed by atoms with van der Waals surface area (Å²) in [6.07, 6.45) is 3.07. The lowest BCUT2D eigenvalue weighted by Gasteiger charge is -2.21. The van der Waals surface area contributed by atoms with E-state index in [1.807, 2.05) is 18.2 Å². The summed E-state index contributed by atoms with van der Waals surface area (Å²) >= 11 is 0. The Morgan fingerprint density at radius 3 is 2.82 bits per heavy atom. The van der Waals surface area contributed by atoms with Gasteiger partial charge in [0.15, 0.2) is 0 Å². The molecule has 7 nitrogen and oxygen atoms in total. The second-order valence-electron chi connectivity index (χ2n) is 10.0. The van der Waals surface area contributed by atoms with Crippen LogP contribution in [0.15, 0.2) is 41.3 Å². The monoisotopic (exact) mass is 468 g/mol. The zero-order valence-corrected chi connectivity index (χ0v) is 19.4. The second kappa shape index (κ2) is 7.21. The maximum absolute atomic E-state index is 13.5. The summed E-state index contributed by atoms with van der Waals surface area (Å²) in [4.78, 5) is 14.8. The van der Waals surface area contributed by atoms with Gasteiger partial charge in [-0.05, 0) is 72.9 Å². The molecule has 1 saturated heterocycles. The highest BCUT2D eigenvalue weighted by Gasteiger charge is 2.58. The maximum atomic E-state index is 13.5. The lowest BCUT2D eigenvalue weighted by atomic mass is 9.98. The van der Waals surface area contributed by atoms with Crippen molar-refractivity contribution in [3.8, 4) is 5.75 Å². The molecule has 8 heteroatoms. The third-order valence-electron chi connectivity index (χ3n) is 8.10. The topological polar surface area (TPSA) is 95.9 Å². The SMILES string of the molecule is CCN1CCC2(C[C@@H]2c2ccccc2S(=O)(=O)Nc2ccc3c(c2C(=O)O)OC[C@@H]2C[C@H]32)C1. The number of fused-ring (bicyclic) bond motifs is 3. The van der Waals surface area contributed by atoms with Crippen LogP contribution in [0.1, 0.15) is 59.5 Å². The highest BCUT2D eigenvalue weighted by Crippen LogP contribution is 2.65. The molecule has 1 spiro atoms. The van der Waals surface area contributed by atoms with Crippen LogP contribution in [0.25, 0.3) is 0 Å². The molecule has 2 saturated carbocycles. The van der Waals surface area contributed by atoms with E-state index in [2.05, 4.69) is 16.5 Å². The van der Waals surface area contributed by atoms with Crippen molar-refractivity contribution in [2.24, 2.45) is 11.3 Å². The van der Waals surface area contributed by atoms with E-state index < -0.39 is 16.0 Å². The molecule has 0 aromatic heterocycles. The highest BCUT2D eigenvalue weighted by atomic mass is 32.2. The van der Waals surface area contributed by atoms with Crippen LogP contribution in [-0.4, -0.2) is 50.6 Å². The summed E-state index contributed by atoms with van der Waals surface area (Å²) in [7, 11) is -3.98. The van der Waals surface area contributed by atoms with Crippen molar-refractivity contribution in [1.82, 2.24) is 4.90 Å². The van der Waals surface area contributed by atoms with Gasteiger partial charge in [-0.15, -0.1) is 0 Å². The van der Waals surface area contributed by atoms with E-state index >= 15 is 0 Å². The number of likely N-dealkylation sites (tertiary alicyclic amines) is 1. The minimum Gasteiger partial charge on any atom is -0.492 e. The molecule has 1 unspecified atom stereocenters. The van der Waals surface area contributed by atoms with Crippen molar-refractivity contribution >= 4 is 21.7 Å². The third-order valence-corrected chi connectivity index (χ3v) is 9.53. The highest BCUT2D eigenvalue weighted by molar-refractivity contribution is 7.92. The largest absolute Gasteiger partial charge is 0.492 e. The summed E-state index contributed by atoms with van der Waals surface area (Å²) < 4.78 is 35.4. The van der Waals surface area contributed by atoms with Gasteiger partial charge in [-0.25, -0.2) is 13.2 Å². The molecule has 0 amide bonds. The molecule has 3 fully saturated rings. The average molecular weight is 469 g/mol. The van der Waals surface area contributed by atoms with Crippen molar-refractivity contribution in [3.63, 3.8) is 0 Å². The van der Waals surface area contributed by atoms with Crippen molar-refractivity contribution in [2.45, 2.75) is 42.9 Å². The summed E-state index contributed by atoms with van der Waals surface area (Å²) in [6, 6.07) is 10.5. The standard InChI is InChI=1S/C25H28N2O5S/c1-2-27-10-9-25(14-27)12-19(25)17-5-3-4-6-21(17)33(30,31)26-20-8-7-16-18-11-15(18)13-32-23(16)22(20)24(28)29/h3-8,15,18-19,26H,2,9-14H2,1H3,(H,28,29)/t15-,18-,19+,25?/m0/s1. The molecule has 0 bridgehead atoms. The van der Waals surface area contributed by atoms with E-state index in [0.29, 0.717) is 24.2 Å². The molecule has 4 atom stereocenters. The quantitative estimate of drug-likeness (QED) is 0.668. The molecule has 2 N–H and O–H groups in total. The Balaban J connectivity index is 1.34. The van der Waals surface area contributed by atoms with Gasteiger partial charge in [-0.2, -0.15) is 0 Å². The predicted octanol–water partition coefficient (Wildman–Crippen LogP) is 3.88. The lowest BCUT2D eigenvalue weighted by Crippen LogP contribution is -2.21. The zero-order valence-electron chi connectivity index (χ0n) is 18.6. The number of nitrogens with zero attached hydrogens (tertiary/aromatic N) is 1. The number of hydrogen-bond donors (Lipinski definition) is 2. The van der Waals surface area contributed by atoms with Gasteiger partial charge >= 0.3 is 5.97 Å². The van der Waals surface area contributed by atoms with Gasteiger partial charge in [0.05, 0.1) is 17.2 Å². The molecule has 4 aliphatic rings. The van der Waals surface area contributed by atoms with E-state index in [1.165, 1.54) is 0 Å². The number of rotatable bonds is 6. The van der Waals surface area contributed by atoms with Gasteiger partial charge in [0.1, 0.15) is 11.3 Å². The Bertz CT molecular complexity index is 1260. The minimum absolute atomic E-state index is 0.0543. The summed E-state index contributed by atoms with van der Waals surface area (Å²) in [6.45, 7) is 5.71. The van der Waals surface area contributed by atoms with Crippen LogP contribution in [0.3, 0.4) is 0 Å². The van der Waals surface area contributed by atoms with Crippen LogP contribution >= 0.6 is 0 Å². The van der Waals surface area contributed by atoms with E-state index in [-0.39, 0.29) is 27.5 Å². The summed E-state index contributed by atoms with van der Waals surface area (Å²) in [5.74, 6) is 0.0849. The molecule has 33 heavy (non-hydrogen) atoms. The van der Waals surface area contributed by atoms with E-state index in [9.17, 15) is 18.3 Å². The van der Waals surface area contributed by atoms with Gasteiger partial charge in [0.2, 0.25) is 0 Å². The Morgan fingerprint density at radius 1 is 1.24 bits per heavy atom. The van der Waals surface area contributed by atoms with E-state index in [0.717, 1.165) is 50.0 Å². The Morgan fingerprint density at radius 2 is 2.06 bits per heavy atom. The number of benzene rings is 2. The first-order chi connectivity index (χ1) is 15.8. The molecule has 174 valence electrons. The van der Waals surface area contributed by atoms with E-state index in [1.54, 1.807) is 18.2 Å². The molecule has 2 heterocycles. The van der Waals surface area contributed by atoms with Gasteiger partial charge in [0, 0.05) is 12.5 Å². The number of carboxylic acid groups (broad SMARTS) is 1. The second-order valence-corrected chi connectivity index (χ2v) is 11.7. The first-order valence-corrected chi connectivity index (χ1v) is 13.2. The molecule has 2 aliphatic carbocycles. The minimum atomic E-state index is -3.98. The molecule has 2 aromatic carbocycles. The van der Waals surface area contributed by atoms with Gasteiger partial charge in [-0.1, -0.05) is 31.2 Å².